The standard InChI is InChI=1S/C13H23N.C2H6/c14-13(11-7-3-1-4-8-11)12-9-5-2-6-10-12;1-2/h11-12,14H,1-10H2;1-2H3. The number of hydrogen-bond acceptors (Lipinski definition) is 1. The van der Waals surface area contributed by atoms with Gasteiger partial charge in [0.25, 0.3) is 0 Å². The normalized spacial score (nSPS) is 23.4. The molecule has 94 valence electrons. The highest BCUT2D eigenvalue weighted by molar-refractivity contribution is 5.86. The minimum atomic E-state index is 0.673. The van der Waals surface area contributed by atoms with E-state index < -0.39 is 0 Å². The van der Waals surface area contributed by atoms with E-state index in [2.05, 4.69) is 0 Å². The van der Waals surface area contributed by atoms with Gasteiger partial charge < -0.3 is 5.41 Å². The molecule has 1 nitrogen and oxygen atoms in total. The van der Waals surface area contributed by atoms with E-state index >= 15 is 0 Å². The molecule has 0 aliphatic heterocycles. The third kappa shape index (κ3) is 3.92. The third-order valence-electron chi connectivity index (χ3n) is 4.09. The van der Waals surface area contributed by atoms with Crippen LogP contribution in [0.4, 0.5) is 0 Å². The Morgan fingerprint density at radius 2 is 1.00 bits per heavy atom. The van der Waals surface area contributed by atoms with E-state index in [-0.39, 0.29) is 0 Å². The maximum atomic E-state index is 8.28. The maximum Gasteiger partial charge on any atom is 0.0151 e. The summed E-state index contributed by atoms with van der Waals surface area (Å²) in [4.78, 5) is 0. The molecule has 0 spiro atoms. The number of nitrogens with one attached hydrogen (secondary N) is 1. The predicted octanol–water partition coefficient (Wildman–Crippen LogP) is 5.19. The zero-order valence-electron chi connectivity index (χ0n) is 11.2. The van der Waals surface area contributed by atoms with Gasteiger partial charge in [-0.25, -0.2) is 0 Å². The summed E-state index contributed by atoms with van der Waals surface area (Å²) in [5.41, 5.74) is 1.13. The molecule has 0 radical (unpaired) electrons. The van der Waals surface area contributed by atoms with Gasteiger partial charge in [0.05, 0.1) is 0 Å². The van der Waals surface area contributed by atoms with Crippen molar-refractivity contribution in [2.24, 2.45) is 11.8 Å². The lowest BCUT2D eigenvalue weighted by Crippen LogP contribution is -2.26. The molecule has 0 heterocycles. The number of hydrogen-bond donors (Lipinski definition) is 1. The predicted molar refractivity (Wildman–Crippen MR) is 72.2 cm³/mol. The van der Waals surface area contributed by atoms with Crippen LogP contribution in [0.25, 0.3) is 0 Å². The first-order valence-corrected chi connectivity index (χ1v) is 7.46. The van der Waals surface area contributed by atoms with Crippen LogP contribution in [0.15, 0.2) is 0 Å². The van der Waals surface area contributed by atoms with Gasteiger partial charge in [0.1, 0.15) is 0 Å². The molecular weight excluding hydrogens is 194 g/mol. The highest BCUT2D eigenvalue weighted by Crippen LogP contribution is 2.32. The lowest BCUT2D eigenvalue weighted by molar-refractivity contribution is 0.386. The van der Waals surface area contributed by atoms with Crippen LogP contribution < -0.4 is 0 Å². The van der Waals surface area contributed by atoms with E-state index in [1.165, 1.54) is 64.2 Å². The lowest BCUT2D eigenvalue weighted by Gasteiger charge is -2.30. The Balaban J connectivity index is 0.000000606. The summed E-state index contributed by atoms with van der Waals surface area (Å²) in [6.07, 6.45) is 13.6. The summed E-state index contributed by atoms with van der Waals surface area (Å²) < 4.78 is 0. The van der Waals surface area contributed by atoms with Crippen molar-refractivity contribution in [2.75, 3.05) is 0 Å². The van der Waals surface area contributed by atoms with Crippen molar-refractivity contribution in [1.29, 1.82) is 5.41 Å². The average Bonchev–Trinajstić information content (AvgIpc) is 2.42. The van der Waals surface area contributed by atoms with Crippen LogP contribution in [0, 0.1) is 17.2 Å². The molecule has 2 rings (SSSR count). The highest BCUT2D eigenvalue weighted by Gasteiger charge is 2.25. The van der Waals surface area contributed by atoms with Crippen LogP contribution >= 0.6 is 0 Å². The van der Waals surface area contributed by atoms with Crippen molar-refractivity contribution in [3.8, 4) is 0 Å². The fourth-order valence-electron chi connectivity index (χ4n) is 3.16. The first-order valence-electron chi connectivity index (χ1n) is 7.46. The van der Waals surface area contributed by atoms with Gasteiger partial charge in [0.15, 0.2) is 0 Å². The van der Waals surface area contributed by atoms with Gasteiger partial charge in [-0.2, -0.15) is 0 Å². The average molecular weight is 223 g/mol. The van der Waals surface area contributed by atoms with Gasteiger partial charge in [-0.15, -0.1) is 0 Å². The van der Waals surface area contributed by atoms with Crippen molar-refractivity contribution in [1.82, 2.24) is 0 Å². The van der Waals surface area contributed by atoms with Crippen LogP contribution in [0.5, 0.6) is 0 Å². The van der Waals surface area contributed by atoms with Gasteiger partial charge in [0, 0.05) is 5.71 Å². The van der Waals surface area contributed by atoms with E-state index in [1.807, 2.05) is 13.8 Å². The molecule has 2 aliphatic carbocycles. The Bertz CT molecular complexity index is 166. The second-order valence-electron chi connectivity index (χ2n) is 5.13. The lowest BCUT2D eigenvalue weighted by atomic mass is 9.76. The summed E-state index contributed by atoms with van der Waals surface area (Å²) in [5.74, 6) is 1.35. The molecule has 0 amide bonds. The van der Waals surface area contributed by atoms with Crippen LogP contribution in [0.3, 0.4) is 0 Å². The molecule has 2 saturated carbocycles. The Labute approximate surface area is 102 Å². The minimum Gasteiger partial charge on any atom is -0.309 e. The van der Waals surface area contributed by atoms with Crippen molar-refractivity contribution in [3.05, 3.63) is 0 Å². The molecular formula is C15H29N. The fourth-order valence-corrected chi connectivity index (χ4v) is 3.16. The zero-order valence-corrected chi connectivity index (χ0v) is 11.2. The van der Waals surface area contributed by atoms with Crippen molar-refractivity contribution in [2.45, 2.75) is 78.1 Å². The maximum absolute atomic E-state index is 8.28. The van der Waals surface area contributed by atoms with E-state index in [9.17, 15) is 0 Å². The topological polar surface area (TPSA) is 23.9 Å². The summed E-state index contributed by atoms with van der Waals surface area (Å²) in [7, 11) is 0. The fraction of sp³-hybridized carbons (Fsp3) is 0.933. The SMILES string of the molecule is CC.N=C(C1CCCCC1)C1CCCCC1. The molecule has 0 bridgehead atoms. The Hall–Kier alpha value is -0.330. The molecule has 1 N–H and O–H groups in total. The van der Waals surface area contributed by atoms with Crippen LogP contribution in [0.2, 0.25) is 0 Å². The molecule has 0 atom stereocenters. The molecule has 0 saturated heterocycles. The van der Waals surface area contributed by atoms with Crippen LogP contribution in [-0.4, -0.2) is 5.71 Å². The second kappa shape index (κ2) is 7.86. The molecule has 2 aliphatic rings. The van der Waals surface area contributed by atoms with Crippen LogP contribution in [0.1, 0.15) is 78.1 Å². The summed E-state index contributed by atoms with van der Waals surface area (Å²) >= 11 is 0. The molecule has 1 heteroatoms. The first-order chi connectivity index (χ1) is 7.88. The van der Waals surface area contributed by atoms with Gasteiger partial charge >= 0.3 is 0 Å². The molecule has 0 aromatic heterocycles. The van der Waals surface area contributed by atoms with Gasteiger partial charge in [-0.1, -0.05) is 52.4 Å². The Morgan fingerprint density at radius 1 is 0.688 bits per heavy atom. The van der Waals surface area contributed by atoms with Gasteiger partial charge in [-0.3, -0.25) is 0 Å². The van der Waals surface area contributed by atoms with E-state index in [4.69, 9.17) is 5.41 Å². The molecule has 0 aromatic carbocycles. The summed E-state index contributed by atoms with van der Waals surface area (Å²) in [6, 6.07) is 0. The first kappa shape index (κ1) is 13.7. The van der Waals surface area contributed by atoms with Crippen molar-refractivity contribution in [3.63, 3.8) is 0 Å². The largest absolute Gasteiger partial charge is 0.309 e. The van der Waals surface area contributed by atoms with Gasteiger partial charge in [-0.05, 0) is 37.5 Å². The zero-order chi connectivity index (χ0) is 11.8. The van der Waals surface area contributed by atoms with E-state index in [1.54, 1.807) is 0 Å². The number of rotatable bonds is 2. The summed E-state index contributed by atoms with van der Waals surface area (Å²) in [5, 5.41) is 8.28. The van der Waals surface area contributed by atoms with E-state index in [0.717, 1.165) is 5.71 Å². The minimum absolute atomic E-state index is 0.673. The molecule has 0 aromatic rings. The van der Waals surface area contributed by atoms with Crippen LogP contribution in [-0.2, 0) is 0 Å². The van der Waals surface area contributed by atoms with Crippen molar-refractivity contribution >= 4 is 5.71 Å². The summed E-state index contributed by atoms with van der Waals surface area (Å²) in [6.45, 7) is 4.00. The monoisotopic (exact) mass is 223 g/mol. The smallest absolute Gasteiger partial charge is 0.0151 e. The molecule has 16 heavy (non-hydrogen) atoms. The molecule has 0 unspecified atom stereocenters. The van der Waals surface area contributed by atoms with Crippen molar-refractivity contribution < 1.29 is 0 Å². The quantitative estimate of drug-likeness (QED) is 0.623. The third-order valence-corrected chi connectivity index (χ3v) is 4.09. The Kier molecular flexibility index (Phi) is 6.75. The van der Waals surface area contributed by atoms with E-state index in [0.29, 0.717) is 11.8 Å². The molecule has 2 fully saturated rings. The Morgan fingerprint density at radius 3 is 1.31 bits per heavy atom. The van der Waals surface area contributed by atoms with Gasteiger partial charge in [0.2, 0.25) is 0 Å². The highest BCUT2D eigenvalue weighted by atomic mass is 14.5. The second-order valence-corrected chi connectivity index (χ2v) is 5.13.